The van der Waals surface area contributed by atoms with E-state index in [-0.39, 0.29) is 18.1 Å². The van der Waals surface area contributed by atoms with Gasteiger partial charge >= 0.3 is 0 Å². The number of rotatable bonds is 7. The SMILES string of the molecule is CCOc1ccc(NC(=O)CCS(=O)(=O)N2CCc3ccccc32)cc1. The molecule has 0 saturated carbocycles. The third kappa shape index (κ3) is 4.16. The van der Waals surface area contributed by atoms with Crippen LogP contribution in [0.2, 0.25) is 0 Å². The highest BCUT2D eigenvalue weighted by Crippen LogP contribution is 2.30. The van der Waals surface area contributed by atoms with Gasteiger partial charge in [0.25, 0.3) is 0 Å². The van der Waals surface area contributed by atoms with Gasteiger partial charge in [-0.15, -0.1) is 0 Å². The molecule has 6 nitrogen and oxygen atoms in total. The normalized spacial score (nSPS) is 13.3. The summed E-state index contributed by atoms with van der Waals surface area (Å²) in [6.07, 6.45) is 0.613. The Hall–Kier alpha value is -2.54. The van der Waals surface area contributed by atoms with Crippen LogP contribution in [0.3, 0.4) is 0 Å². The molecule has 7 heteroatoms. The Labute approximate surface area is 153 Å². The maximum Gasteiger partial charge on any atom is 0.235 e. The van der Waals surface area contributed by atoms with E-state index in [0.717, 1.165) is 17.0 Å². The van der Waals surface area contributed by atoms with Crippen molar-refractivity contribution < 1.29 is 17.9 Å². The predicted octanol–water partition coefficient (Wildman–Crippen LogP) is 2.81. The third-order valence-corrected chi connectivity index (χ3v) is 5.99. The molecule has 0 spiro atoms. The van der Waals surface area contributed by atoms with Gasteiger partial charge in [-0.3, -0.25) is 9.10 Å². The van der Waals surface area contributed by atoms with E-state index in [2.05, 4.69) is 5.32 Å². The largest absolute Gasteiger partial charge is 0.494 e. The minimum Gasteiger partial charge on any atom is -0.494 e. The van der Waals surface area contributed by atoms with Gasteiger partial charge in [0.15, 0.2) is 0 Å². The lowest BCUT2D eigenvalue weighted by Gasteiger charge is -2.19. The quantitative estimate of drug-likeness (QED) is 0.809. The Morgan fingerprint density at radius 1 is 1.15 bits per heavy atom. The van der Waals surface area contributed by atoms with Crippen molar-refractivity contribution in [1.29, 1.82) is 0 Å². The lowest BCUT2D eigenvalue weighted by molar-refractivity contribution is -0.115. The number of benzene rings is 2. The van der Waals surface area contributed by atoms with Crippen molar-refractivity contribution in [3.63, 3.8) is 0 Å². The van der Waals surface area contributed by atoms with Gasteiger partial charge in [0, 0.05) is 18.7 Å². The van der Waals surface area contributed by atoms with Crippen molar-refractivity contribution in [2.75, 3.05) is 28.5 Å². The number of hydrogen-bond acceptors (Lipinski definition) is 4. The number of para-hydroxylation sites is 1. The number of sulfonamides is 1. The van der Waals surface area contributed by atoms with Crippen LogP contribution in [0.4, 0.5) is 11.4 Å². The first-order chi connectivity index (χ1) is 12.5. The van der Waals surface area contributed by atoms with E-state index in [0.29, 0.717) is 25.3 Å². The number of nitrogens with zero attached hydrogens (tertiary/aromatic N) is 1. The minimum absolute atomic E-state index is 0.0891. The molecule has 2 aromatic rings. The Kier molecular flexibility index (Phi) is 5.46. The Morgan fingerprint density at radius 2 is 1.88 bits per heavy atom. The maximum atomic E-state index is 12.6. The summed E-state index contributed by atoms with van der Waals surface area (Å²) in [5, 5.41) is 2.72. The summed E-state index contributed by atoms with van der Waals surface area (Å²) in [5.41, 5.74) is 2.36. The summed E-state index contributed by atoms with van der Waals surface area (Å²) < 4.78 is 32.0. The van der Waals surface area contributed by atoms with Gasteiger partial charge in [0.2, 0.25) is 15.9 Å². The minimum atomic E-state index is -3.52. The molecule has 1 aliphatic rings. The molecule has 0 atom stereocenters. The Balaban J connectivity index is 1.57. The van der Waals surface area contributed by atoms with E-state index in [9.17, 15) is 13.2 Å². The van der Waals surface area contributed by atoms with Crippen LogP contribution in [-0.2, 0) is 21.2 Å². The molecule has 0 unspecified atom stereocenters. The molecule has 0 saturated heterocycles. The highest BCUT2D eigenvalue weighted by molar-refractivity contribution is 7.92. The number of ether oxygens (including phenoxy) is 1. The van der Waals surface area contributed by atoms with E-state index in [1.54, 1.807) is 30.3 Å². The highest BCUT2D eigenvalue weighted by Gasteiger charge is 2.29. The molecule has 0 fully saturated rings. The van der Waals surface area contributed by atoms with E-state index in [1.807, 2.05) is 25.1 Å². The molecule has 1 amide bonds. The number of nitrogens with one attached hydrogen (secondary N) is 1. The second kappa shape index (κ2) is 7.78. The average Bonchev–Trinajstić information content (AvgIpc) is 3.07. The van der Waals surface area contributed by atoms with Crippen molar-refractivity contribution in [1.82, 2.24) is 0 Å². The summed E-state index contributed by atoms with van der Waals surface area (Å²) in [7, 11) is -3.52. The number of carbonyl (C=O) groups is 1. The summed E-state index contributed by atoms with van der Waals surface area (Å²) >= 11 is 0. The van der Waals surface area contributed by atoms with Crippen LogP contribution >= 0.6 is 0 Å². The molecule has 0 radical (unpaired) electrons. The lowest BCUT2D eigenvalue weighted by atomic mass is 10.2. The monoisotopic (exact) mass is 374 g/mol. The van der Waals surface area contributed by atoms with Crippen molar-refractivity contribution in [2.24, 2.45) is 0 Å². The first-order valence-electron chi connectivity index (χ1n) is 8.60. The van der Waals surface area contributed by atoms with Crippen LogP contribution in [-0.4, -0.2) is 33.2 Å². The van der Waals surface area contributed by atoms with Crippen molar-refractivity contribution in [3.8, 4) is 5.75 Å². The van der Waals surface area contributed by atoms with Crippen LogP contribution in [0.5, 0.6) is 5.75 Å². The number of amides is 1. The molecule has 138 valence electrons. The molecular weight excluding hydrogens is 352 g/mol. The molecule has 1 heterocycles. The van der Waals surface area contributed by atoms with E-state index < -0.39 is 10.0 Å². The van der Waals surface area contributed by atoms with Gasteiger partial charge in [-0.25, -0.2) is 8.42 Å². The molecule has 26 heavy (non-hydrogen) atoms. The number of hydrogen-bond donors (Lipinski definition) is 1. The molecule has 0 bridgehead atoms. The topological polar surface area (TPSA) is 75.7 Å². The van der Waals surface area contributed by atoms with Gasteiger partial charge in [-0.1, -0.05) is 18.2 Å². The highest BCUT2D eigenvalue weighted by atomic mass is 32.2. The van der Waals surface area contributed by atoms with E-state index in [1.165, 1.54) is 4.31 Å². The summed E-state index contributed by atoms with van der Waals surface area (Å²) in [6, 6.07) is 14.4. The van der Waals surface area contributed by atoms with Crippen LogP contribution in [0.15, 0.2) is 48.5 Å². The van der Waals surface area contributed by atoms with Gasteiger partial charge in [0.05, 0.1) is 18.0 Å². The zero-order valence-corrected chi connectivity index (χ0v) is 15.5. The van der Waals surface area contributed by atoms with Crippen LogP contribution in [0.1, 0.15) is 18.9 Å². The molecule has 3 rings (SSSR count). The standard InChI is InChI=1S/C19H22N2O4S/c1-2-25-17-9-7-16(8-10-17)20-19(22)12-14-26(23,24)21-13-11-15-5-3-4-6-18(15)21/h3-10H,2,11-14H2,1H3,(H,20,22). The van der Waals surface area contributed by atoms with E-state index >= 15 is 0 Å². The van der Waals surface area contributed by atoms with Gasteiger partial charge < -0.3 is 10.1 Å². The zero-order chi connectivity index (χ0) is 18.6. The van der Waals surface area contributed by atoms with Gasteiger partial charge in [-0.05, 0) is 49.2 Å². The molecule has 1 N–H and O–H groups in total. The summed E-state index contributed by atoms with van der Waals surface area (Å²) in [5.74, 6) is 0.176. The summed E-state index contributed by atoms with van der Waals surface area (Å²) in [6.45, 7) is 2.90. The Morgan fingerprint density at radius 3 is 2.62 bits per heavy atom. The van der Waals surface area contributed by atoms with Crippen molar-refractivity contribution in [2.45, 2.75) is 19.8 Å². The fraction of sp³-hybridized carbons (Fsp3) is 0.316. The third-order valence-electron chi connectivity index (χ3n) is 4.22. The van der Waals surface area contributed by atoms with Crippen LogP contribution in [0, 0.1) is 0 Å². The summed E-state index contributed by atoms with van der Waals surface area (Å²) in [4.78, 5) is 12.1. The van der Waals surface area contributed by atoms with Crippen LogP contribution < -0.4 is 14.4 Å². The fourth-order valence-electron chi connectivity index (χ4n) is 2.95. The fourth-order valence-corrected chi connectivity index (χ4v) is 4.46. The van der Waals surface area contributed by atoms with E-state index in [4.69, 9.17) is 4.74 Å². The maximum absolute atomic E-state index is 12.6. The second-order valence-corrected chi connectivity index (χ2v) is 8.04. The number of carbonyl (C=O) groups excluding carboxylic acids is 1. The van der Waals surface area contributed by atoms with Crippen molar-refractivity contribution >= 4 is 27.3 Å². The zero-order valence-electron chi connectivity index (χ0n) is 14.6. The Bertz CT molecular complexity index is 879. The van der Waals surface area contributed by atoms with Gasteiger partial charge in [0.1, 0.15) is 5.75 Å². The predicted molar refractivity (Wildman–Crippen MR) is 102 cm³/mol. The molecule has 2 aromatic carbocycles. The number of fused-ring (bicyclic) bond motifs is 1. The average molecular weight is 374 g/mol. The number of anilines is 2. The smallest absolute Gasteiger partial charge is 0.235 e. The first kappa shape index (κ1) is 18.3. The van der Waals surface area contributed by atoms with Gasteiger partial charge in [-0.2, -0.15) is 0 Å². The van der Waals surface area contributed by atoms with Crippen LogP contribution in [0.25, 0.3) is 0 Å². The molecule has 1 aliphatic heterocycles. The first-order valence-corrected chi connectivity index (χ1v) is 10.2. The van der Waals surface area contributed by atoms with Crippen molar-refractivity contribution in [3.05, 3.63) is 54.1 Å². The molecular formula is C19H22N2O4S. The second-order valence-electron chi connectivity index (χ2n) is 6.02. The molecule has 0 aromatic heterocycles. The lowest BCUT2D eigenvalue weighted by Crippen LogP contribution is -2.32. The molecule has 0 aliphatic carbocycles.